The van der Waals surface area contributed by atoms with Crippen molar-refractivity contribution in [3.05, 3.63) is 45.0 Å². The van der Waals surface area contributed by atoms with Gasteiger partial charge in [0.15, 0.2) is 4.67 Å². The zero-order valence-corrected chi connectivity index (χ0v) is 12.8. The molecule has 0 aromatic carbocycles. The van der Waals surface area contributed by atoms with Crippen molar-refractivity contribution >= 4 is 33.2 Å². The molecule has 2 aromatic heterocycles. The van der Waals surface area contributed by atoms with Crippen LogP contribution in [0, 0.1) is 0 Å². The maximum atomic E-state index is 11.4. The minimum absolute atomic E-state index is 0.0590. The van der Waals surface area contributed by atoms with Gasteiger partial charge < -0.3 is 14.5 Å². The van der Waals surface area contributed by atoms with Crippen LogP contribution in [0.3, 0.4) is 0 Å². The first-order valence-electron chi connectivity index (χ1n) is 5.77. The Morgan fingerprint density at radius 1 is 1.53 bits per heavy atom. The Balaban J connectivity index is 1.99. The zero-order chi connectivity index (χ0) is 13.7. The molecule has 6 heteroatoms. The van der Waals surface area contributed by atoms with Gasteiger partial charge in [0.25, 0.3) is 0 Å². The normalized spacial score (nSPS) is 12.3. The molecule has 102 valence electrons. The van der Waals surface area contributed by atoms with E-state index in [9.17, 15) is 4.79 Å². The van der Waals surface area contributed by atoms with Gasteiger partial charge in [-0.15, -0.1) is 11.3 Å². The molecule has 19 heavy (non-hydrogen) atoms. The van der Waals surface area contributed by atoms with E-state index in [-0.39, 0.29) is 12.0 Å². The van der Waals surface area contributed by atoms with Gasteiger partial charge in [0.1, 0.15) is 5.76 Å². The van der Waals surface area contributed by atoms with Crippen molar-refractivity contribution in [2.24, 2.45) is 0 Å². The fraction of sp³-hybridized carbons (Fsp3) is 0.308. The van der Waals surface area contributed by atoms with Crippen LogP contribution in [0.1, 0.15) is 23.1 Å². The number of hydrogen-bond acceptors (Lipinski definition) is 5. The fourth-order valence-electron chi connectivity index (χ4n) is 1.68. The molecule has 0 fully saturated rings. The highest BCUT2D eigenvalue weighted by Gasteiger charge is 2.17. The lowest BCUT2D eigenvalue weighted by Gasteiger charge is -2.15. The molecule has 1 unspecified atom stereocenters. The molecule has 0 aliphatic rings. The summed E-state index contributed by atoms with van der Waals surface area (Å²) < 4.78 is 10.9. The number of nitrogens with one attached hydrogen (secondary N) is 1. The number of methoxy groups -OCH3 is 1. The van der Waals surface area contributed by atoms with Crippen molar-refractivity contribution in [3.63, 3.8) is 0 Å². The Morgan fingerprint density at radius 3 is 2.95 bits per heavy atom. The van der Waals surface area contributed by atoms with Crippen LogP contribution in [0.5, 0.6) is 0 Å². The molecule has 0 saturated carbocycles. The van der Waals surface area contributed by atoms with Crippen molar-refractivity contribution in [2.45, 2.75) is 19.0 Å². The summed E-state index contributed by atoms with van der Waals surface area (Å²) in [6.45, 7) is 0.561. The minimum Gasteiger partial charge on any atom is -0.469 e. The quantitative estimate of drug-likeness (QED) is 0.815. The van der Waals surface area contributed by atoms with Crippen molar-refractivity contribution in [2.75, 3.05) is 7.11 Å². The van der Waals surface area contributed by atoms with E-state index in [1.165, 1.54) is 7.11 Å². The molecule has 0 amide bonds. The molecule has 0 bridgehead atoms. The Morgan fingerprint density at radius 2 is 2.37 bits per heavy atom. The predicted octanol–water partition coefficient (Wildman–Crippen LogP) is 3.50. The Labute approximate surface area is 123 Å². The van der Waals surface area contributed by atoms with Crippen LogP contribution in [0.15, 0.2) is 38.7 Å². The van der Waals surface area contributed by atoms with Gasteiger partial charge in [-0.3, -0.25) is 4.79 Å². The number of halogens is 1. The third kappa shape index (κ3) is 4.19. The highest BCUT2D eigenvalue weighted by Crippen LogP contribution is 2.23. The SMILES string of the molecule is COC(=O)CC(NCc1ccc(Br)o1)c1cccs1. The predicted molar refractivity (Wildman–Crippen MR) is 76.9 cm³/mol. The van der Waals surface area contributed by atoms with Gasteiger partial charge in [0.2, 0.25) is 0 Å². The molecular formula is C13H14BrNO3S. The summed E-state index contributed by atoms with van der Waals surface area (Å²) in [4.78, 5) is 12.6. The van der Waals surface area contributed by atoms with Crippen LogP contribution >= 0.6 is 27.3 Å². The molecule has 2 rings (SSSR count). The Kier molecular flexibility index (Phi) is 5.18. The van der Waals surface area contributed by atoms with Crippen molar-refractivity contribution in [3.8, 4) is 0 Å². The van der Waals surface area contributed by atoms with E-state index >= 15 is 0 Å². The summed E-state index contributed by atoms with van der Waals surface area (Å²) >= 11 is 4.88. The first-order chi connectivity index (χ1) is 9.19. The van der Waals surface area contributed by atoms with E-state index in [1.54, 1.807) is 11.3 Å². The molecular weight excluding hydrogens is 330 g/mol. The molecule has 1 N–H and O–H groups in total. The summed E-state index contributed by atoms with van der Waals surface area (Å²) in [5.74, 6) is 0.588. The molecule has 2 aromatic rings. The molecule has 0 aliphatic heterocycles. The average Bonchev–Trinajstić information content (AvgIpc) is 3.05. The number of hydrogen-bond donors (Lipinski definition) is 1. The number of esters is 1. The highest BCUT2D eigenvalue weighted by atomic mass is 79.9. The first kappa shape index (κ1) is 14.3. The third-order valence-electron chi connectivity index (χ3n) is 2.64. The van der Waals surface area contributed by atoms with Crippen LogP contribution in [0.4, 0.5) is 0 Å². The van der Waals surface area contributed by atoms with Gasteiger partial charge >= 0.3 is 5.97 Å². The van der Waals surface area contributed by atoms with Crippen LogP contribution in [-0.4, -0.2) is 13.1 Å². The van der Waals surface area contributed by atoms with Crippen molar-refractivity contribution < 1.29 is 13.9 Å². The van der Waals surface area contributed by atoms with E-state index in [0.717, 1.165) is 10.6 Å². The number of rotatable bonds is 6. The minimum atomic E-state index is -0.230. The average molecular weight is 344 g/mol. The van der Waals surface area contributed by atoms with E-state index in [1.807, 2.05) is 29.6 Å². The van der Waals surface area contributed by atoms with E-state index in [2.05, 4.69) is 21.2 Å². The maximum absolute atomic E-state index is 11.4. The van der Waals surface area contributed by atoms with Gasteiger partial charge in [0.05, 0.1) is 26.1 Å². The van der Waals surface area contributed by atoms with Crippen LogP contribution < -0.4 is 5.32 Å². The molecule has 0 aliphatic carbocycles. The monoisotopic (exact) mass is 343 g/mol. The molecule has 1 atom stereocenters. The largest absolute Gasteiger partial charge is 0.469 e. The van der Waals surface area contributed by atoms with Crippen molar-refractivity contribution in [1.29, 1.82) is 0 Å². The fourth-order valence-corrected chi connectivity index (χ4v) is 2.83. The molecule has 0 radical (unpaired) electrons. The van der Waals surface area contributed by atoms with Gasteiger partial charge in [-0.1, -0.05) is 6.07 Å². The highest BCUT2D eigenvalue weighted by molar-refractivity contribution is 9.10. The first-order valence-corrected chi connectivity index (χ1v) is 7.44. The van der Waals surface area contributed by atoms with E-state index < -0.39 is 0 Å². The lowest BCUT2D eigenvalue weighted by atomic mass is 10.1. The number of carbonyl (C=O) groups excluding carboxylic acids is 1. The van der Waals surface area contributed by atoms with Gasteiger partial charge in [-0.2, -0.15) is 0 Å². The summed E-state index contributed by atoms with van der Waals surface area (Å²) in [6.07, 6.45) is 0.304. The lowest BCUT2D eigenvalue weighted by molar-refractivity contribution is -0.141. The molecule has 0 spiro atoms. The number of carbonyl (C=O) groups is 1. The van der Waals surface area contributed by atoms with Gasteiger partial charge in [-0.05, 0) is 39.5 Å². The summed E-state index contributed by atoms with van der Waals surface area (Å²) in [5, 5.41) is 5.30. The zero-order valence-electron chi connectivity index (χ0n) is 10.4. The maximum Gasteiger partial charge on any atom is 0.307 e. The summed E-state index contributed by atoms with van der Waals surface area (Å²) in [5.41, 5.74) is 0. The standard InChI is InChI=1S/C13H14BrNO3S/c1-17-13(16)7-10(11-3-2-6-19-11)15-8-9-4-5-12(14)18-9/h2-6,10,15H,7-8H2,1H3. The third-order valence-corrected chi connectivity index (χ3v) is 4.05. The number of thiophene rings is 1. The number of furan rings is 1. The molecule has 4 nitrogen and oxygen atoms in total. The second-order valence-electron chi connectivity index (χ2n) is 3.93. The smallest absolute Gasteiger partial charge is 0.307 e. The second-order valence-corrected chi connectivity index (χ2v) is 5.70. The Bertz CT molecular complexity index is 524. The summed E-state index contributed by atoms with van der Waals surface area (Å²) in [6, 6.07) is 7.65. The van der Waals surface area contributed by atoms with E-state index in [4.69, 9.17) is 9.15 Å². The molecule has 2 heterocycles. The van der Waals surface area contributed by atoms with E-state index in [0.29, 0.717) is 17.6 Å². The van der Waals surface area contributed by atoms with Crippen LogP contribution in [-0.2, 0) is 16.1 Å². The molecule has 0 saturated heterocycles. The summed E-state index contributed by atoms with van der Waals surface area (Å²) in [7, 11) is 1.40. The van der Waals surface area contributed by atoms with Crippen LogP contribution in [0.2, 0.25) is 0 Å². The van der Waals surface area contributed by atoms with Crippen LogP contribution in [0.25, 0.3) is 0 Å². The van der Waals surface area contributed by atoms with Gasteiger partial charge in [-0.25, -0.2) is 0 Å². The topological polar surface area (TPSA) is 51.5 Å². The number of ether oxygens (including phenoxy) is 1. The van der Waals surface area contributed by atoms with Crippen molar-refractivity contribution in [1.82, 2.24) is 5.32 Å². The second kappa shape index (κ2) is 6.88. The lowest BCUT2D eigenvalue weighted by Crippen LogP contribution is -2.23. The Hall–Kier alpha value is -1.11. The van der Waals surface area contributed by atoms with Gasteiger partial charge in [0, 0.05) is 4.88 Å².